The van der Waals surface area contributed by atoms with E-state index in [4.69, 9.17) is 4.74 Å². The molecule has 0 saturated carbocycles. The van der Waals surface area contributed by atoms with E-state index in [1.54, 1.807) is 7.11 Å². The fourth-order valence-electron chi connectivity index (χ4n) is 2.47. The van der Waals surface area contributed by atoms with Gasteiger partial charge in [0.25, 0.3) is 0 Å². The molecule has 0 bridgehead atoms. The van der Waals surface area contributed by atoms with Crippen LogP contribution in [0.4, 0.5) is 11.5 Å². The molecule has 1 atom stereocenters. The van der Waals surface area contributed by atoms with Crippen molar-refractivity contribution in [3.63, 3.8) is 0 Å². The van der Waals surface area contributed by atoms with Gasteiger partial charge in [-0.25, -0.2) is 4.98 Å². The number of fused-ring (bicyclic) bond motifs is 1. The monoisotopic (exact) mass is 295 g/mol. The number of hydrogen-bond donors (Lipinski definition) is 2. The third-order valence-corrected chi connectivity index (χ3v) is 3.60. The number of amides is 1. The summed E-state index contributed by atoms with van der Waals surface area (Å²) in [6.45, 7) is 3.45. The molecule has 1 amide bonds. The zero-order valence-electron chi connectivity index (χ0n) is 12.3. The number of carbonyl (C=O) groups excluding carboxylic acids is 1. The number of pyridine rings is 1. The molecule has 1 aromatic carbocycles. The number of methoxy groups -OCH3 is 1. The van der Waals surface area contributed by atoms with Crippen LogP contribution in [-0.2, 0) is 16.0 Å². The highest BCUT2D eigenvalue weighted by Crippen LogP contribution is 2.29. The maximum atomic E-state index is 11.4. The van der Waals surface area contributed by atoms with Gasteiger partial charge in [-0.2, -0.15) is 0 Å². The van der Waals surface area contributed by atoms with Crippen molar-refractivity contribution in [1.29, 1.82) is 0 Å². The molecule has 0 spiro atoms. The van der Waals surface area contributed by atoms with E-state index in [2.05, 4.69) is 28.3 Å². The Hall–Kier alpha value is -2.66. The molecule has 2 aromatic rings. The van der Waals surface area contributed by atoms with Crippen molar-refractivity contribution in [2.24, 2.45) is 0 Å². The minimum Gasteiger partial charge on any atom is -0.361 e. The average molecular weight is 295 g/mol. The van der Waals surface area contributed by atoms with E-state index in [0.717, 1.165) is 34.6 Å². The molecule has 5 heteroatoms. The normalized spacial score (nSPS) is 15.8. The molecule has 1 aliphatic heterocycles. The van der Waals surface area contributed by atoms with Gasteiger partial charge >= 0.3 is 0 Å². The summed E-state index contributed by atoms with van der Waals surface area (Å²) in [6.07, 6.45) is 3.84. The largest absolute Gasteiger partial charge is 0.361 e. The summed E-state index contributed by atoms with van der Waals surface area (Å²) in [6, 6.07) is 9.75. The van der Waals surface area contributed by atoms with Crippen LogP contribution in [-0.4, -0.2) is 24.2 Å². The molecule has 112 valence electrons. The molecular weight excluding hydrogens is 278 g/mol. The maximum absolute atomic E-state index is 11.4. The molecule has 5 nitrogen and oxygen atoms in total. The van der Waals surface area contributed by atoms with Gasteiger partial charge in [0.05, 0.1) is 0 Å². The summed E-state index contributed by atoms with van der Waals surface area (Å²) in [5, 5.41) is 5.97. The molecular formula is C17H17N3O2. The molecule has 1 aliphatic rings. The third kappa shape index (κ3) is 2.84. The Balaban J connectivity index is 1.88. The minimum atomic E-state index is -0.226. The van der Waals surface area contributed by atoms with Gasteiger partial charge < -0.3 is 15.4 Å². The Morgan fingerprint density at radius 1 is 1.45 bits per heavy atom. The van der Waals surface area contributed by atoms with Crippen molar-refractivity contribution in [1.82, 2.24) is 4.98 Å². The highest BCUT2D eigenvalue weighted by Gasteiger charge is 2.21. The Bertz CT molecular complexity index is 728. The fourth-order valence-corrected chi connectivity index (χ4v) is 2.47. The lowest BCUT2D eigenvalue weighted by atomic mass is 10.0. The van der Waals surface area contributed by atoms with E-state index in [0.29, 0.717) is 0 Å². The van der Waals surface area contributed by atoms with E-state index in [1.807, 2.05) is 30.5 Å². The first-order valence-corrected chi connectivity index (χ1v) is 7.01. The quantitative estimate of drug-likeness (QED) is 0.851. The van der Waals surface area contributed by atoms with Gasteiger partial charge in [0, 0.05) is 31.0 Å². The topological polar surface area (TPSA) is 63.2 Å². The molecule has 22 heavy (non-hydrogen) atoms. The fraction of sp³-hybridized carbons (Fsp3) is 0.176. The molecule has 0 saturated heterocycles. The second-order valence-electron chi connectivity index (χ2n) is 5.08. The van der Waals surface area contributed by atoms with Gasteiger partial charge in [-0.05, 0) is 35.4 Å². The first kappa shape index (κ1) is 14.3. The summed E-state index contributed by atoms with van der Waals surface area (Å²) < 4.78 is 5.31. The lowest BCUT2D eigenvalue weighted by Gasteiger charge is -2.07. The van der Waals surface area contributed by atoms with E-state index in [-0.39, 0.29) is 12.1 Å². The number of rotatable bonds is 4. The number of carbonyl (C=O) groups is 1. The van der Waals surface area contributed by atoms with E-state index in [1.165, 1.54) is 6.08 Å². The summed E-state index contributed by atoms with van der Waals surface area (Å²) in [4.78, 5) is 15.8. The first-order valence-electron chi connectivity index (χ1n) is 7.01. The lowest BCUT2D eigenvalue weighted by Crippen LogP contribution is -2.17. The number of ether oxygens (including phenoxy) is 1. The zero-order chi connectivity index (χ0) is 15.5. The van der Waals surface area contributed by atoms with Gasteiger partial charge in [-0.1, -0.05) is 18.7 Å². The van der Waals surface area contributed by atoms with Gasteiger partial charge in [0.2, 0.25) is 5.91 Å². The SMILES string of the molecule is C=CC(=O)Nc1cccc(-c2cnc3c(c2)CC(OC)N3)c1. The molecule has 2 heterocycles. The van der Waals surface area contributed by atoms with Crippen molar-refractivity contribution >= 4 is 17.4 Å². The summed E-state index contributed by atoms with van der Waals surface area (Å²) >= 11 is 0. The summed E-state index contributed by atoms with van der Waals surface area (Å²) in [5.41, 5.74) is 3.87. The third-order valence-electron chi connectivity index (χ3n) is 3.60. The maximum Gasteiger partial charge on any atom is 0.247 e. The number of benzene rings is 1. The Morgan fingerprint density at radius 2 is 2.32 bits per heavy atom. The summed E-state index contributed by atoms with van der Waals surface area (Å²) in [7, 11) is 1.68. The van der Waals surface area contributed by atoms with E-state index < -0.39 is 0 Å². The number of nitrogens with one attached hydrogen (secondary N) is 2. The Labute approximate surface area is 129 Å². The van der Waals surface area contributed by atoms with Crippen molar-refractivity contribution in [3.8, 4) is 11.1 Å². The molecule has 3 rings (SSSR count). The molecule has 0 fully saturated rings. The second-order valence-corrected chi connectivity index (χ2v) is 5.08. The van der Waals surface area contributed by atoms with Crippen molar-refractivity contribution in [2.45, 2.75) is 12.6 Å². The number of nitrogens with zero attached hydrogens (tertiary/aromatic N) is 1. The van der Waals surface area contributed by atoms with Gasteiger partial charge in [-0.15, -0.1) is 0 Å². The Morgan fingerprint density at radius 3 is 3.09 bits per heavy atom. The highest BCUT2D eigenvalue weighted by molar-refractivity contribution is 5.99. The van der Waals surface area contributed by atoms with Crippen LogP contribution in [0.25, 0.3) is 11.1 Å². The molecule has 2 N–H and O–H groups in total. The van der Waals surface area contributed by atoms with Crippen molar-refractivity contribution in [2.75, 3.05) is 17.7 Å². The number of aromatic nitrogens is 1. The van der Waals surface area contributed by atoms with Crippen LogP contribution in [0.1, 0.15) is 5.56 Å². The van der Waals surface area contributed by atoms with Crippen LogP contribution in [0, 0.1) is 0 Å². The average Bonchev–Trinajstić information content (AvgIpc) is 2.97. The smallest absolute Gasteiger partial charge is 0.247 e. The van der Waals surface area contributed by atoms with Crippen LogP contribution in [0.2, 0.25) is 0 Å². The molecule has 1 unspecified atom stereocenters. The minimum absolute atomic E-state index is 0.0176. The first-order chi connectivity index (χ1) is 10.7. The van der Waals surface area contributed by atoms with E-state index >= 15 is 0 Å². The molecule has 0 aliphatic carbocycles. The predicted molar refractivity (Wildman–Crippen MR) is 86.6 cm³/mol. The van der Waals surface area contributed by atoms with Crippen molar-refractivity contribution in [3.05, 3.63) is 54.7 Å². The highest BCUT2D eigenvalue weighted by atomic mass is 16.5. The van der Waals surface area contributed by atoms with Gasteiger partial charge in [0.1, 0.15) is 12.0 Å². The van der Waals surface area contributed by atoms with Crippen LogP contribution in [0.15, 0.2) is 49.2 Å². The number of hydrogen-bond acceptors (Lipinski definition) is 4. The lowest BCUT2D eigenvalue weighted by molar-refractivity contribution is -0.111. The van der Waals surface area contributed by atoms with E-state index in [9.17, 15) is 4.79 Å². The zero-order valence-corrected chi connectivity index (χ0v) is 12.3. The van der Waals surface area contributed by atoms with Gasteiger partial charge in [-0.3, -0.25) is 4.79 Å². The van der Waals surface area contributed by atoms with Gasteiger partial charge in [0.15, 0.2) is 0 Å². The standard InChI is InChI=1S/C17H17N3O2/c1-3-15(21)19-14-6-4-5-11(8-14)13-7-12-9-16(22-2)20-17(12)18-10-13/h3-8,10,16H,1,9H2,2H3,(H,18,20)(H,19,21). The van der Waals surface area contributed by atoms with Crippen molar-refractivity contribution < 1.29 is 9.53 Å². The van der Waals surface area contributed by atoms with Crippen LogP contribution in [0.3, 0.4) is 0 Å². The van der Waals surface area contributed by atoms with Crippen LogP contribution in [0.5, 0.6) is 0 Å². The molecule has 1 aromatic heterocycles. The predicted octanol–water partition coefficient (Wildman–Crippen LogP) is 2.81. The Kier molecular flexibility index (Phi) is 3.89. The van der Waals surface area contributed by atoms with Crippen LogP contribution >= 0.6 is 0 Å². The molecule has 0 radical (unpaired) electrons. The second kappa shape index (κ2) is 5.99. The summed E-state index contributed by atoms with van der Waals surface area (Å²) in [5.74, 6) is 0.642. The van der Waals surface area contributed by atoms with Crippen LogP contribution < -0.4 is 10.6 Å². The number of anilines is 2.